The summed E-state index contributed by atoms with van der Waals surface area (Å²) in [5.74, 6) is 0. The van der Waals surface area contributed by atoms with Crippen molar-refractivity contribution < 1.29 is 19.7 Å². The lowest BCUT2D eigenvalue weighted by Crippen LogP contribution is -2.01. The van der Waals surface area contributed by atoms with Crippen LogP contribution in [0.4, 0.5) is 28.4 Å². The Morgan fingerprint density at radius 1 is 0.594 bits per heavy atom. The zero-order chi connectivity index (χ0) is 23.2. The Balaban J connectivity index is 2.07. The van der Waals surface area contributed by atoms with Crippen LogP contribution in [-0.2, 0) is 0 Å². The molecular formula is C19H9N5O8. The molecule has 1 aliphatic rings. The molecule has 0 aromatic heterocycles. The molecule has 13 nitrogen and oxygen atoms in total. The average molecular weight is 435 g/mol. The standard InChI is InChI=1S/C19H9N5O8/c25-21(26)11-3-1-2-10(6-11)20-19-15-7-12(22(27)28)4-5-14(15)18-16(19)8-13(23(29)30)9-17(18)24(31)32/h1-9H/b20-19-. The van der Waals surface area contributed by atoms with Gasteiger partial charge in [-0.1, -0.05) is 6.07 Å². The molecule has 0 heterocycles. The number of benzene rings is 3. The van der Waals surface area contributed by atoms with Crippen molar-refractivity contribution in [2.24, 2.45) is 4.99 Å². The van der Waals surface area contributed by atoms with E-state index in [1.54, 1.807) is 0 Å². The second kappa shape index (κ2) is 7.32. The van der Waals surface area contributed by atoms with E-state index in [0.717, 1.165) is 30.3 Å². The van der Waals surface area contributed by atoms with Crippen LogP contribution >= 0.6 is 0 Å². The predicted octanol–water partition coefficient (Wildman–Crippen LogP) is 4.47. The Morgan fingerprint density at radius 2 is 1.22 bits per heavy atom. The SMILES string of the molecule is O=[N+]([O-])c1cccc(/N=C2/c3cc([N+](=O)[O-])ccc3-c3c2cc([N+](=O)[O-])cc3[N+](=O)[O-])c1. The van der Waals surface area contributed by atoms with Gasteiger partial charge in [0.2, 0.25) is 0 Å². The first-order chi connectivity index (χ1) is 15.2. The van der Waals surface area contributed by atoms with Gasteiger partial charge in [-0.3, -0.25) is 40.5 Å². The van der Waals surface area contributed by atoms with Crippen LogP contribution in [0.2, 0.25) is 0 Å². The molecule has 0 saturated carbocycles. The zero-order valence-electron chi connectivity index (χ0n) is 15.7. The summed E-state index contributed by atoms with van der Waals surface area (Å²) in [7, 11) is 0. The highest BCUT2D eigenvalue weighted by Crippen LogP contribution is 2.46. The molecular weight excluding hydrogens is 426 g/mol. The third kappa shape index (κ3) is 3.28. The first-order valence-electron chi connectivity index (χ1n) is 8.77. The second-order valence-corrected chi connectivity index (χ2v) is 6.63. The van der Waals surface area contributed by atoms with Crippen LogP contribution in [0.15, 0.2) is 59.6 Å². The molecule has 0 fully saturated rings. The van der Waals surface area contributed by atoms with Crippen molar-refractivity contribution in [2.75, 3.05) is 0 Å². The van der Waals surface area contributed by atoms with E-state index >= 15 is 0 Å². The molecule has 1 aliphatic carbocycles. The summed E-state index contributed by atoms with van der Waals surface area (Å²) >= 11 is 0. The topological polar surface area (TPSA) is 185 Å². The maximum absolute atomic E-state index is 11.7. The number of hydrogen-bond donors (Lipinski definition) is 0. The third-order valence-electron chi connectivity index (χ3n) is 4.78. The van der Waals surface area contributed by atoms with Crippen molar-refractivity contribution in [3.8, 4) is 11.1 Å². The zero-order valence-corrected chi connectivity index (χ0v) is 15.7. The molecule has 13 heteroatoms. The Kier molecular flexibility index (Phi) is 4.62. The molecule has 0 aliphatic heterocycles. The van der Waals surface area contributed by atoms with E-state index in [1.807, 2.05) is 0 Å². The van der Waals surface area contributed by atoms with Gasteiger partial charge in [0.05, 0.1) is 42.7 Å². The number of nitrogens with zero attached hydrogens (tertiary/aromatic N) is 5. The summed E-state index contributed by atoms with van der Waals surface area (Å²) in [5, 5.41) is 45.4. The van der Waals surface area contributed by atoms with Gasteiger partial charge in [-0.2, -0.15) is 0 Å². The summed E-state index contributed by atoms with van der Waals surface area (Å²) in [6.07, 6.45) is 0. The van der Waals surface area contributed by atoms with Crippen LogP contribution in [0.25, 0.3) is 11.1 Å². The van der Waals surface area contributed by atoms with E-state index in [0.29, 0.717) is 0 Å². The predicted molar refractivity (Wildman–Crippen MR) is 110 cm³/mol. The summed E-state index contributed by atoms with van der Waals surface area (Å²) < 4.78 is 0. The minimum absolute atomic E-state index is 0.00834. The molecule has 3 aromatic carbocycles. The molecule has 0 saturated heterocycles. The molecule has 0 atom stereocenters. The molecule has 0 bridgehead atoms. The van der Waals surface area contributed by atoms with Crippen LogP contribution in [0.3, 0.4) is 0 Å². The van der Waals surface area contributed by atoms with Crippen LogP contribution < -0.4 is 0 Å². The smallest absolute Gasteiger partial charge is 0.258 e. The number of rotatable bonds is 5. The Morgan fingerprint density at radius 3 is 1.84 bits per heavy atom. The third-order valence-corrected chi connectivity index (χ3v) is 4.78. The first-order valence-corrected chi connectivity index (χ1v) is 8.77. The maximum Gasteiger partial charge on any atom is 0.284 e. The number of nitro benzene ring substituents is 4. The lowest BCUT2D eigenvalue weighted by atomic mass is 10.0. The minimum Gasteiger partial charge on any atom is -0.258 e. The van der Waals surface area contributed by atoms with Crippen LogP contribution in [-0.4, -0.2) is 25.4 Å². The van der Waals surface area contributed by atoms with Crippen molar-refractivity contribution in [3.63, 3.8) is 0 Å². The normalized spacial score (nSPS) is 12.8. The molecule has 32 heavy (non-hydrogen) atoms. The van der Waals surface area contributed by atoms with Crippen molar-refractivity contribution in [1.82, 2.24) is 0 Å². The van der Waals surface area contributed by atoms with Gasteiger partial charge in [0, 0.05) is 41.5 Å². The average Bonchev–Trinajstić information content (AvgIpc) is 3.06. The van der Waals surface area contributed by atoms with Gasteiger partial charge < -0.3 is 0 Å². The molecule has 158 valence electrons. The van der Waals surface area contributed by atoms with Crippen LogP contribution in [0, 0.1) is 40.5 Å². The van der Waals surface area contributed by atoms with Gasteiger partial charge >= 0.3 is 0 Å². The van der Waals surface area contributed by atoms with Crippen molar-refractivity contribution in [2.45, 2.75) is 0 Å². The molecule has 0 N–H and O–H groups in total. The monoisotopic (exact) mass is 435 g/mol. The minimum atomic E-state index is -0.802. The van der Waals surface area contributed by atoms with E-state index in [9.17, 15) is 40.5 Å². The van der Waals surface area contributed by atoms with Gasteiger partial charge in [0.25, 0.3) is 22.7 Å². The highest BCUT2D eigenvalue weighted by molar-refractivity contribution is 6.27. The Hall–Kier alpha value is -5.07. The fourth-order valence-corrected chi connectivity index (χ4v) is 3.46. The molecule has 3 aromatic rings. The lowest BCUT2D eigenvalue weighted by molar-refractivity contribution is -0.393. The fourth-order valence-electron chi connectivity index (χ4n) is 3.46. The molecule has 0 radical (unpaired) electrons. The number of aliphatic imine (C=N–C) groups is 1. The highest BCUT2D eigenvalue weighted by atomic mass is 16.6. The second-order valence-electron chi connectivity index (χ2n) is 6.63. The summed E-state index contributed by atoms with van der Waals surface area (Å²) in [6.45, 7) is 0. The van der Waals surface area contributed by atoms with Gasteiger partial charge in [-0.05, 0) is 17.7 Å². The summed E-state index contributed by atoms with van der Waals surface area (Å²) in [4.78, 5) is 46.8. The van der Waals surface area contributed by atoms with Crippen molar-refractivity contribution >= 4 is 34.1 Å². The Labute approximate surface area is 176 Å². The van der Waals surface area contributed by atoms with E-state index in [4.69, 9.17) is 0 Å². The quantitative estimate of drug-likeness (QED) is 0.324. The van der Waals surface area contributed by atoms with Crippen molar-refractivity contribution in [3.05, 3.63) is 106 Å². The van der Waals surface area contributed by atoms with E-state index in [1.165, 1.54) is 24.3 Å². The summed E-state index contributed by atoms with van der Waals surface area (Å²) in [5.41, 5.74) is -1.21. The number of fused-ring (bicyclic) bond motifs is 3. The van der Waals surface area contributed by atoms with Crippen LogP contribution in [0.5, 0.6) is 0 Å². The number of non-ortho nitro benzene ring substituents is 3. The number of hydrogen-bond acceptors (Lipinski definition) is 9. The number of nitro groups is 4. The van der Waals surface area contributed by atoms with Crippen molar-refractivity contribution in [1.29, 1.82) is 0 Å². The fraction of sp³-hybridized carbons (Fsp3) is 0. The van der Waals surface area contributed by atoms with Gasteiger partial charge in [0.1, 0.15) is 0 Å². The molecule has 0 unspecified atom stereocenters. The largest absolute Gasteiger partial charge is 0.284 e. The van der Waals surface area contributed by atoms with Gasteiger partial charge in [-0.25, -0.2) is 4.99 Å². The van der Waals surface area contributed by atoms with Crippen LogP contribution in [0.1, 0.15) is 11.1 Å². The molecule has 0 spiro atoms. The highest BCUT2D eigenvalue weighted by Gasteiger charge is 2.36. The summed E-state index contributed by atoms with van der Waals surface area (Å²) in [6, 6.07) is 10.7. The van der Waals surface area contributed by atoms with Gasteiger partial charge in [-0.15, -0.1) is 0 Å². The van der Waals surface area contributed by atoms with E-state index < -0.39 is 31.1 Å². The van der Waals surface area contributed by atoms with Gasteiger partial charge in [0.15, 0.2) is 0 Å². The Bertz CT molecular complexity index is 1400. The molecule has 4 rings (SSSR count). The maximum atomic E-state index is 11.7. The first kappa shape index (κ1) is 20.2. The molecule has 0 amide bonds. The van der Waals surface area contributed by atoms with E-state index in [-0.39, 0.29) is 45.0 Å². The lowest BCUT2D eigenvalue weighted by Gasteiger charge is -2.03. The van der Waals surface area contributed by atoms with E-state index in [2.05, 4.69) is 4.99 Å².